The number of carbonyl (C=O) groups excluding carboxylic acids is 1. The molecular weight excluding hydrogens is 420 g/mol. The number of phenolic OH excluding ortho intramolecular Hbond substituents is 1. The van der Waals surface area contributed by atoms with Gasteiger partial charge in [0, 0.05) is 33.1 Å². The van der Waals surface area contributed by atoms with Crippen LogP contribution in [-0.4, -0.2) is 21.8 Å². The first kappa shape index (κ1) is 19.7. The molecule has 0 spiro atoms. The summed E-state index contributed by atoms with van der Waals surface area (Å²) in [7, 11) is 0. The minimum Gasteiger partial charge on any atom is -0.507 e. The molecule has 2 aromatic heterocycles. The van der Waals surface area contributed by atoms with Gasteiger partial charge in [-0.1, -0.05) is 23.7 Å². The van der Waals surface area contributed by atoms with Crippen molar-refractivity contribution in [3.05, 3.63) is 86.7 Å². The SMILES string of the molecule is N#Cc1cc(C(=O)N/N=C/c2cccc3c2ccn3Cc2ccc(Cl)s2)ccc1O. The Bertz CT molecular complexity index is 1320. The third-order valence-corrected chi connectivity index (χ3v) is 5.77. The van der Waals surface area contributed by atoms with E-state index in [0.29, 0.717) is 0 Å². The molecule has 6 nitrogen and oxygen atoms in total. The van der Waals surface area contributed by atoms with Gasteiger partial charge in [0.25, 0.3) is 5.91 Å². The fraction of sp³-hybridized carbons (Fsp3) is 0.0455. The minimum atomic E-state index is -0.470. The van der Waals surface area contributed by atoms with Crippen molar-refractivity contribution in [1.29, 1.82) is 5.26 Å². The molecule has 148 valence electrons. The zero-order valence-corrected chi connectivity index (χ0v) is 17.1. The number of aromatic hydroxyl groups is 1. The molecule has 8 heteroatoms. The van der Waals surface area contributed by atoms with Gasteiger partial charge < -0.3 is 9.67 Å². The Balaban J connectivity index is 1.52. The Morgan fingerprint density at radius 3 is 2.90 bits per heavy atom. The average Bonchev–Trinajstić information content (AvgIpc) is 3.35. The zero-order chi connectivity index (χ0) is 21.1. The number of rotatable bonds is 5. The van der Waals surface area contributed by atoms with E-state index < -0.39 is 5.91 Å². The van der Waals surface area contributed by atoms with Gasteiger partial charge in [0.2, 0.25) is 0 Å². The monoisotopic (exact) mass is 434 g/mol. The van der Waals surface area contributed by atoms with Crippen molar-refractivity contribution >= 4 is 46.0 Å². The van der Waals surface area contributed by atoms with Crippen LogP contribution in [-0.2, 0) is 6.54 Å². The summed E-state index contributed by atoms with van der Waals surface area (Å²) in [6.45, 7) is 0.723. The second-order valence-corrected chi connectivity index (χ2v) is 8.27. The van der Waals surface area contributed by atoms with Gasteiger partial charge in [-0.2, -0.15) is 10.4 Å². The van der Waals surface area contributed by atoms with Crippen molar-refractivity contribution in [1.82, 2.24) is 9.99 Å². The molecule has 0 bridgehead atoms. The first-order valence-electron chi connectivity index (χ1n) is 8.94. The smallest absolute Gasteiger partial charge is 0.271 e. The number of aromatic nitrogens is 1. The normalized spacial score (nSPS) is 11.1. The molecule has 0 unspecified atom stereocenters. The van der Waals surface area contributed by atoms with Crippen LogP contribution in [0, 0.1) is 11.3 Å². The average molecular weight is 435 g/mol. The molecule has 0 radical (unpaired) electrons. The summed E-state index contributed by atoms with van der Waals surface area (Å²) in [6, 6.07) is 17.7. The van der Waals surface area contributed by atoms with Crippen LogP contribution in [0.4, 0.5) is 0 Å². The van der Waals surface area contributed by atoms with E-state index in [2.05, 4.69) is 15.1 Å². The molecule has 0 saturated heterocycles. The van der Waals surface area contributed by atoms with E-state index in [9.17, 15) is 9.90 Å². The molecule has 1 amide bonds. The number of carbonyl (C=O) groups is 1. The third-order valence-electron chi connectivity index (χ3n) is 4.55. The highest BCUT2D eigenvalue weighted by Crippen LogP contribution is 2.25. The van der Waals surface area contributed by atoms with Crippen molar-refractivity contribution in [2.75, 3.05) is 0 Å². The van der Waals surface area contributed by atoms with E-state index in [-0.39, 0.29) is 16.9 Å². The molecule has 4 aromatic rings. The van der Waals surface area contributed by atoms with Gasteiger partial charge in [-0.15, -0.1) is 11.3 Å². The second kappa shape index (κ2) is 8.41. The molecule has 0 aliphatic heterocycles. The van der Waals surface area contributed by atoms with Crippen LogP contribution >= 0.6 is 22.9 Å². The van der Waals surface area contributed by atoms with Gasteiger partial charge in [0.15, 0.2) is 0 Å². The maximum absolute atomic E-state index is 12.3. The lowest BCUT2D eigenvalue weighted by Gasteiger charge is -2.05. The molecule has 2 N–H and O–H groups in total. The predicted octanol–water partition coefficient (Wildman–Crippen LogP) is 4.75. The number of hydrogen-bond donors (Lipinski definition) is 2. The number of fused-ring (bicyclic) bond motifs is 1. The topological polar surface area (TPSA) is 90.4 Å². The van der Waals surface area contributed by atoms with Crippen LogP contribution in [0.15, 0.2) is 65.9 Å². The molecule has 0 aliphatic rings. The Morgan fingerprint density at radius 1 is 1.27 bits per heavy atom. The predicted molar refractivity (Wildman–Crippen MR) is 118 cm³/mol. The Hall–Kier alpha value is -3.60. The molecule has 0 saturated carbocycles. The van der Waals surface area contributed by atoms with Crippen molar-refractivity contribution in [3.63, 3.8) is 0 Å². The van der Waals surface area contributed by atoms with Crippen molar-refractivity contribution in [2.45, 2.75) is 6.54 Å². The number of thiophene rings is 1. The molecule has 0 atom stereocenters. The quantitative estimate of drug-likeness (QED) is 0.351. The number of nitrogens with zero attached hydrogens (tertiary/aromatic N) is 3. The van der Waals surface area contributed by atoms with Crippen LogP contribution in [0.3, 0.4) is 0 Å². The largest absolute Gasteiger partial charge is 0.507 e. The Labute approximate surface area is 181 Å². The van der Waals surface area contributed by atoms with Crippen LogP contribution < -0.4 is 5.43 Å². The summed E-state index contributed by atoms with van der Waals surface area (Å²) >= 11 is 7.58. The lowest BCUT2D eigenvalue weighted by molar-refractivity contribution is 0.0955. The molecule has 0 aliphatic carbocycles. The van der Waals surface area contributed by atoms with Gasteiger partial charge in [-0.05, 0) is 42.5 Å². The minimum absolute atomic E-state index is 0.0322. The van der Waals surface area contributed by atoms with Gasteiger partial charge in [0.05, 0.1) is 22.7 Å². The molecule has 4 rings (SSSR count). The van der Waals surface area contributed by atoms with Crippen LogP contribution in [0.5, 0.6) is 5.75 Å². The first-order chi connectivity index (χ1) is 14.5. The van der Waals surface area contributed by atoms with E-state index in [0.717, 1.165) is 32.2 Å². The van der Waals surface area contributed by atoms with E-state index in [1.165, 1.54) is 18.2 Å². The number of hydrogen-bond acceptors (Lipinski definition) is 5. The van der Waals surface area contributed by atoms with Gasteiger partial charge in [-0.25, -0.2) is 5.43 Å². The van der Waals surface area contributed by atoms with Crippen molar-refractivity contribution in [2.24, 2.45) is 5.10 Å². The standard InChI is InChI=1S/C22H15ClN4O2S/c23-21-7-5-17(30-21)13-27-9-8-18-15(2-1-3-19(18)27)12-25-26-22(29)14-4-6-20(28)16(10-14)11-24/h1-10,12,28H,13H2,(H,26,29)/b25-12+. The highest BCUT2D eigenvalue weighted by atomic mass is 35.5. The van der Waals surface area contributed by atoms with Crippen molar-refractivity contribution < 1.29 is 9.90 Å². The molecular formula is C22H15ClN4O2S. The van der Waals surface area contributed by atoms with Gasteiger partial charge >= 0.3 is 0 Å². The van der Waals surface area contributed by atoms with Crippen LogP contribution in [0.2, 0.25) is 4.34 Å². The molecule has 30 heavy (non-hydrogen) atoms. The Kier molecular flexibility index (Phi) is 5.53. The number of nitriles is 1. The van der Waals surface area contributed by atoms with E-state index in [4.69, 9.17) is 16.9 Å². The summed E-state index contributed by atoms with van der Waals surface area (Å²) in [6.07, 6.45) is 3.59. The van der Waals surface area contributed by atoms with Gasteiger partial charge in [-0.3, -0.25) is 4.79 Å². The zero-order valence-electron chi connectivity index (χ0n) is 15.5. The first-order valence-corrected chi connectivity index (χ1v) is 10.1. The number of amides is 1. The lowest BCUT2D eigenvalue weighted by atomic mass is 10.1. The number of hydrazone groups is 1. The summed E-state index contributed by atoms with van der Waals surface area (Å²) in [4.78, 5) is 13.4. The van der Waals surface area contributed by atoms with Crippen LogP contribution in [0.1, 0.15) is 26.4 Å². The molecule has 0 fully saturated rings. The third kappa shape index (κ3) is 4.06. The summed E-state index contributed by atoms with van der Waals surface area (Å²) in [5, 5.41) is 23.6. The van der Waals surface area contributed by atoms with Crippen LogP contribution in [0.25, 0.3) is 10.9 Å². The summed E-state index contributed by atoms with van der Waals surface area (Å²) in [5.41, 5.74) is 4.63. The highest BCUT2D eigenvalue weighted by Gasteiger charge is 2.09. The Morgan fingerprint density at radius 2 is 2.13 bits per heavy atom. The lowest BCUT2D eigenvalue weighted by Crippen LogP contribution is -2.17. The fourth-order valence-corrected chi connectivity index (χ4v) is 4.18. The maximum Gasteiger partial charge on any atom is 0.271 e. The highest BCUT2D eigenvalue weighted by molar-refractivity contribution is 7.16. The van der Waals surface area contributed by atoms with E-state index in [1.54, 1.807) is 17.6 Å². The number of benzene rings is 2. The second-order valence-electron chi connectivity index (χ2n) is 6.47. The number of nitrogens with one attached hydrogen (secondary N) is 1. The molecule has 2 aromatic carbocycles. The molecule has 2 heterocycles. The summed E-state index contributed by atoms with van der Waals surface area (Å²) < 4.78 is 2.90. The number of halogens is 1. The number of phenols is 1. The maximum atomic E-state index is 12.3. The van der Waals surface area contributed by atoms with Gasteiger partial charge in [0.1, 0.15) is 11.8 Å². The summed E-state index contributed by atoms with van der Waals surface area (Å²) in [5.74, 6) is -0.638. The fourth-order valence-electron chi connectivity index (χ4n) is 3.09. The van der Waals surface area contributed by atoms with E-state index >= 15 is 0 Å². The van der Waals surface area contributed by atoms with Crippen molar-refractivity contribution in [3.8, 4) is 11.8 Å². The van der Waals surface area contributed by atoms with E-state index in [1.807, 2.05) is 48.7 Å².